The molecule has 7 heteroatoms. The minimum Gasteiger partial charge on any atom is -0.457 e. The molecule has 4 rings (SSSR count). The van der Waals surface area contributed by atoms with Crippen molar-refractivity contribution in [1.82, 2.24) is 5.16 Å². The standard InChI is InChI=1S/C20H15FN2O4/c1-11-9-18(23-27-11)22-14-5-8-16-17(10-14)25-12(2)20(19(16)24)26-15-6-3-13(21)4-7-15/h3-10H,1-2H3,(H,22,23). The molecule has 0 saturated carbocycles. The fourth-order valence-electron chi connectivity index (χ4n) is 2.68. The second-order valence-corrected chi connectivity index (χ2v) is 6.03. The van der Waals surface area contributed by atoms with Crippen LogP contribution < -0.4 is 15.5 Å². The zero-order valence-electron chi connectivity index (χ0n) is 14.6. The first-order chi connectivity index (χ1) is 13.0. The number of aromatic nitrogens is 1. The molecule has 0 amide bonds. The van der Waals surface area contributed by atoms with Crippen LogP contribution in [0.1, 0.15) is 11.5 Å². The van der Waals surface area contributed by atoms with E-state index in [1.807, 2.05) is 0 Å². The van der Waals surface area contributed by atoms with Crippen LogP contribution in [-0.2, 0) is 0 Å². The number of nitrogens with one attached hydrogen (secondary N) is 1. The Morgan fingerprint density at radius 3 is 2.56 bits per heavy atom. The molecule has 0 saturated heterocycles. The number of hydrogen-bond acceptors (Lipinski definition) is 6. The highest BCUT2D eigenvalue weighted by Gasteiger charge is 2.14. The van der Waals surface area contributed by atoms with Crippen LogP contribution in [0, 0.1) is 19.7 Å². The van der Waals surface area contributed by atoms with Crippen LogP contribution in [0.5, 0.6) is 11.5 Å². The molecule has 1 N–H and O–H groups in total. The van der Waals surface area contributed by atoms with Crippen molar-refractivity contribution in [2.45, 2.75) is 13.8 Å². The smallest absolute Gasteiger partial charge is 0.235 e. The molecule has 2 aromatic heterocycles. The number of ether oxygens (including phenoxy) is 1. The van der Waals surface area contributed by atoms with E-state index in [0.29, 0.717) is 39.7 Å². The fourth-order valence-corrected chi connectivity index (χ4v) is 2.68. The molecule has 0 bridgehead atoms. The van der Waals surface area contributed by atoms with Gasteiger partial charge in [-0.15, -0.1) is 0 Å². The lowest BCUT2D eigenvalue weighted by molar-refractivity contribution is 0.400. The van der Waals surface area contributed by atoms with E-state index in [0.717, 1.165) is 0 Å². The predicted molar refractivity (Wildman–Crippen MR) is 98.2 cm³/mol. The van der Waals surface area contributed by atoms with Gasteiger partial charge >= 0.3 is 0 Å². The van der Waals surface area contributed by atoms with Crippen LogP contribution in [-0.4, -0.2) is 5.16 Å². The van der Waals surface area contributed by atoms with Gasteiger partial charge in [-0.1, -0.05) is 5.16 Å². The molecule has 4 aromatic rings. The van der Waals surface area contributed by atoms with E-state index in [9.17, 15) is 9.18 Å². The first-order valence-corrected chi connectivity index (χ1v) is 8.21. The molecule has 27 heavy (non-hydrogen) atoms. The highest BCUT2D eigenvalue weighted by Crippen LogP contribution is 2.27. The van der Waals surface area contributed by atoms with Gasteiger partial charge in [0.1, 0.15) is 28.7 Å². The van der Waals surface area contributed by atoms with Crippen molar-refractivity contribution in [3.63, 3.8) is 0 Å². The molecule has 0 unspecified atom stereocenters. The Hall–Kier alpha value is -3.61. The Morgan fingerprint density at radius 1 is 1.07 bits per heavy atom. The summed E-state index contributed by atoms with van der Waals surface area (Å²) in [5, 5.41) is 7.32. The van der Waals surface area contributed by atoms with Crippen LogP contribution in [0.2, 0.25) is 0 Å². The zero-order valence-corrected chi connectivity index (χ0v) is 14.6. The molecular formula is C20H15FN2O4. The third-order valence-electron chi connectivity index (χ3n) is 3.95. The molecule has 2 aromatic carbocycles. The fraction of sp³-hybridized carbons (Fsp3) is 0.100. The Balaban J connectivity index is 1.70. The van der Waals surface area contributed by atoms with Crippen molar-refractivity contribution < 1.29 is 18.1 Å². The first-order valence-electron chi connectivity index (χ1n) is 8.21. The second-order valence-electron chi connectivity index (χ2n) is 6.03. The van der Waals surface area contributed by atoms with E-state index in [1.165, 1.54) is 24.3 Å². The van der Waals surface area contributed by atoms with Gasteiger partial charge in [0.05, 0.1) is 5.39 Å². The Labute approximate surface area is 153 Å². The molecular weight excluding hydrogens is 351 g/mol. The van der Waals surface area contributed by atoms with Crippen LogP contribution in [0.4, 0.5) is 15.9 Å². The van der Waals surface area contributed by atoms with Crippen molar-refractivity contribution in [1.29, 1.82) is 0 Å². The summed E-state index contributed by atoms with van der Waals surface area (Å²) in [5.41, 5.74) is 0.807. The van der Waals surface area contributed by atoms with Crippen molar-refractivity contribution in [2.24, 2.45) is 0 Å². The van der Waals surface area contributed by atoms with Gasteiger partial charge in [-0.2, -0.15) is 0 Å². The summed E-state index contributed by atoms with van der Waals surface area (Å²) >= 11 is 0. The monoisotopic (exact) mass is 366 g/mol. The van der Waals surface area contributed by atoms with Gasteiger partial charge in [-0.3, -0.25) is 4.79 Å². The van der Waals surface area contributed by atoms with Gasteiger partial charge in [-0.05, 0) is 50.2 Å². The van der Waals surface area contributed by atoms with Gasteiger partial charge in [0.2, 0.25) is 11.2 Å². The Bertz CT molecular complexity index is 1180. The average molecular weight is 366 g/mol. The lowest BCUT2D eigenvalue weighted by Gasteiger charge is -2.10. The van der Waals surface area contributed by atoms with Gasteiger partial charge in [-0.25, -0.2) is 4.39 Å². The first kappa shape index (κ1) is 16.8. The molecule has 0 aliphatic carbocycles. The summed E-state index contributed by atoms with van der Waals surface area (Å²) in [6, 6.07) is 12.3. The third kappa shape index (κ3) is 3.39. The summed E-state index contributed by atoms with van der Waals surface area (Å²) in [5.74, 6) is 1.61. The Morgan fingerprint density at radius 2 is 1.85 bits per heavy atom. The molecule has 0 atom stereocenters. The minimum atomic E-state index is -0.382. The molecule has 0 spiro atoms. The quantitative estimate of drug-likeness (QED) is 0.543. The summed E-state index contributed by atoms with van der Waals surface area (Å²) in [6.07, 6.45) is 0. The number of aryl methyl sites for hydroxylation is 2. The van der Waals surface area contributed by atoms with E-state index >= 15 is 0 Å². The van der Waals surface area contributed by atoms with E-state index in [2.05, 4.69) is 10.5 Å². The predicted octanol–water partition coefficient (Wildman–Crippen LogP) is 5.07. The van der Waals surface area contributed by atoms with Crippen LogP contribution in [0.15, 0.2) is 62.3 Å². The molecule has 136 valence electrons. The highest BCUT2D eigenvalue weighted by molar-refractivity contribution is 5.82. The zero-order chi connectivity index (χ0) is 19.0. The highest BCUT2D eigenvalue weighted by atomic mass is 19.1. The van der Waals surface area contributed by atoms with Crippen LogP contribution in [0.3, 0.4) is 0 Å². The second kappa shape index (κ2) is 6.60. The molecule has 0 aliphatic heterocycles. The summed E-state index contributed by atoms with van der Waals surface area (Å²) in [7, 11) is 0. The lowest BCUT2D eigenvalue weighted by Crippen LogP contribution is -2.07. The van der Waals surface area contributed by atoms with Crippen LogP contribution >= 0.6 is 0 Å². The molecule has 0 aliphatic rings. The van der Waals surface area contributed by atoms with Crippen molar-refractivity contribution in [2.75, 3.05) is 5.32 Å². The topological polar surface area (TPSA) is 77.5 Å². The van der Waals surface area contributed by atoms with E-state index in [-0.39, 0.29) is 17.0 Å². The normalized spacial score (nSPS) is 10.9. The van der Waals surface area contributed by atoms with Crippen molar-refractivity contribution >= 4 is 22.5 Å². The van der Waals surface area contributed by atoms with Gasteiger partial charge in [0.15, 0.2) is 5.82 Å². The SMILES string of the molecule is Cc1cc(Nc2ccc3c(=O)c(Oc4ccc(F)cc4)c(C)oc3c2)no1. The number of anilines is 2. The lowest BCUT2D eigenvalue weighted by atomic mass is 10.2. The largest absolute Gasteiger partial charge is 0.457 e. The van der Waals surface area contributed by atoms with Gasteiger partial charge < -0.3 is 19.0 Å². The number of rotatable bonds is 4. The molecule has 2 heterocycles. The number of halogens is 1. The molecule has 0 radical (unpaired) electrons. The maximum absolute atomic E-state index is 13.0. The van der Waals surface area contributed by atoms with E-state index in [4.69, 9.17) is 13.7 Å². The minimum absolute atomic E-state index is 0.0712. The van der Waals surface area contributed by atoms with Gasteiger partial charge in [0, 0.05) is 17.8 Å². The maximum atomic E-state index is 13.0. The summed E-state index contributed by atoms with van der Waals surface area (Å²) < 4.78 is 29.4. The Kier molecular flexibility index (Phi) is 4.12. The number of benzene rings is 2. The third-order valence-corrected chi connectivity index (χ3v) is 3.95. The number of nitrogens with zero attached hydrogens (tertiary/aromatic N) is 1. The number of fused-ring (bicyclic) bond motifs is 1. The van der Waals surface area contributed by atoms with Crippen molar-refractivity contribution in [3.05, 3.63) is 76.1 Å². The van der Waals surface area contributed by atoms with E-state index < -0.39 is 0 Å². The molecule has 0 fully saturated rings. The maximum Gasteiger partial charge on any atom is 0.235 e. The van der Waals surface area contributed by atoms with E-state index in [1.54, 1.807) is 38.1 Å². The summed E-state index contributed by atoms with van der Waals surface area (Å²) in [4.78, 5) is 12.8. The number of hydrogen-bond donors (Lipinski definition) is 1. The van der Waals surface area contributed by atoms with Crippen molar-refractivity contribution in [3.8, 4) is 11.5 Å². The average Bonchev–Trinajstić information content (AvgIpc) is 3.05. The summed E-state index contributed by atoms with van der Waals surface area (Å²) in [6.45, 7) is 3.43. The van der Waals surface area contributed by atoms with Crippen LogP contribution in [0.25, 0.3) is 11.0 Å². The van der Waals surface area contributed by atoms with Gasteiger partial charge in [0.25, 0.3) is 0 Å². The molecule has 6 nitrogen and oxygen atoms in total.